The Morgan fingerprint density at radius 3 is 2.55 bits per heavy atom. The van der Waals surface area contributed by atoms with Crippen molar-refractivity contribution in [2.24, 2.45) is 5.10 Å². The highest BCUT2D eigenvalue weighted by atomic mass is 32.2. The van der Waals surface area contributed by atoms with E-state index < -0.39 is 10.0 Å². The van der Waals surface area contributed by atoms with Gasteiger partial charge in [0.25, 0.3) is 10.0 Å². The minimum atomic E-state index is -3.62. The largest absolute Gasteiger partial charge is 0.276 e. The Balaban J connectivity index is 2.19. The van der Waals surface area contributed by atoms with Crippen molar-refractivity contribution in [3.8, 4) is 0 Å². The van der Waals surface area contributed by atoms with Gasteiger partial charge in [0.1, 0.15) is 0 Å². The zero-order valence-corrected chi connectivity index (χ0v) is 13.2. The van der Waals surface area contributed by atoms with Crippen molar-refractivity contribution in [3.63, 3.8) is 0 Å². The lowest BCUT2D eigenvalue weighted by atomic mass is 10.2. The Kier molecular flexibility index (Phi) is 4.25. The molecule has 0 bridgehead atoms. The van der Waals surface area contributed by atoms with E-state index in [1.54, 1.807) is 30.4 Å². The van der Waals surface area contributed by atoms with Crippen LogP contribution in [0.4, 0.5) is 0 Å². The molecule has 0 atom stereocenters. The van der Waals surface area contributed by atoms with Crippen LogP contribution < -0.4 is 4.83 Å². The first-order valence-electron chi connectivity index (χ1n) is 6.07. The molecule has 0 aliphatic rings. The van der Waals surface area contributed by atoms with Gasteiger partial charge in [-0.3, -0.25) is 0 Å². The van der Waals surface area contributed by atoms with E-state index in [-0.39, 0.29) is 4.90 Å². The van der Waals surface area contributed by atoms with E-state index in [4.69, 9.17) is 0 Å². The fraction of sp³-hybridized carbons (Fsp3) is 0.214. The van der Waals surface area contributed by atoms with Gasteiger partial charge in [-0.1, -0.05) is 12.1 Å². The van der Waals surface area contributed by atoms with Crippen LogP contribution in [0.2, 0.25) is 0 Å². The Bertz CT molecular complexity index is 746. The molecular formula is C14H16N2O2S2. The summed E-state index contributed by atoms with van der Waals surface area (Å²) in [5.41, 5.74) is 1.60. The molecule has 0 unspecified atom stereocenters. The molecule has 4 nitrogen and oxygen atoms in total. The maximum absolute atomic E-state index is 12.2. The molecule has 20 heavy (non-hydrogen) atoms. The number of hydrazone groups is 1. The standard InChI is InChI=1S/C14H16N2O2S2/c1-10-4-5-11(2)14(8-10)20(17,18)16-15-9-13-7-6-12(3)19-13/h4-9,16H,1-3H3/b15-9+. The average Bonchev–Trinajstić information content (AvgIpc) is 2.78. The highest BCUT2D eigenvalue weighted by molar-refractivity contribution is 7.89. The van der Waals surface area contributed by atoms with E-state index in [1.807, 2.05) is 32.0 Å². The van der Waals surface area contributed by atoms with Crippen molar-refractivity contribution < 1.29 is 8.42 Å². The molecule has 0 fully saturated rings. The fourth-order valence-corrected chi connectivity index (χ4v) is 3.60. The van der Waals surface area contributed by atoms with E-state index in [1.165, 1.54) is 6.21 Å². The predicted octanol–water partition coefficient (Wildman–Crippen LogP) is 2.99. The highest BCUT2D eigenvalue weighted by Crippen LogP contribution is 2.16. The van der Waals surface area contributed by atoms with Crippen LogP contribution in [-0.2, 0) is 10.0 Å². The van der Waals surface area contributed by atoms with Gasteiger partial charge < -0.3 is 0 Å². The van der Waals surface area contributed by atoms with E-state index >= 15 is 0 Å². The molecule has 1 aromatic carbocycles. The number of thiophene rings is 1. The van der Waals surface area contributed by atoms with Crippen molar-refractivity contribution in [2.75, 3.05) is 0 Å². The summed E-state index contributed by atoms with van der Waals surface area (Å²) >= 11 is 1.56. The Morgan fingerprint density at radius 1 is 1.15 bits per heavy atom. The van der Waals surface area contributed by atoms with Gasteiger partial charge in [0.2, 0.25) is 0 Å². The summed E-state index contributed by atoms with van der Waals surface area (Å²) in [5, 5.41) is 3.82. The SMILES string of the molecule is Cc1ccc(C)c(S(=O)(=O)N/N=C/c2ccc(C)s2)c1. The second kappa shape index (κ2) is 5.76. The summed E-state index contributed by atoms with van der Waals surface area (Å²) in [5.74, 6) is 0. The van der Waals surface area contributed by atoms with Crippen molar-refractivity contribution in [3.05, 3.63) is 51.2 Å². The van der Waals surface area contributed by atoms with Gasteiger partial charge >= 0.3 is 0 Å². The van der Waals surface area contributed by atoms with Crippen LogP contribution in [0.1, 0.15) is 20.9 Å². The van der Waals surface area contributed by atoms with E-state index in [2.05, 4.69) is 9.93 Å². The molecule has 0 spiro atoms. The summed E-state index contributed by atoms with van der Waals surface area (Å²) in [6.45, 7) is 5.61. The summed E-state index contributed by atoms with van der Waals surface area (Å²) in [4.78, 5) is 4.58. The molecule has 106 valence electrons. The van der Waals surface area contributed by atoms with Gasteiger partial charge in [-0.25, -0.2) is 4.83 Å². The van der Waals surface area contributed by atoms with Crippen LogP contribution in [-0.4, -0.2) is 14.6 Å². The Labute approximate surface area is 123 Å². The second-order valence-corrected chi connectivity index (χ2v) is 7.52. The van der Waals surface area contributed by atoms with Gasteiger partial charge in [-0.2, -0.15) is 13.5 Å². The monoisotopic (exact) mass is 308 g/mol. The van der Waals surface area contributed by atoms with Crippen LogP contribution in [0.25, 0.3) is 0 Å². The zero-order chi connectivity index (χ0) is 14.8. The molecule has 2 aromatic rings. The number of nitrogens with zero attached hydrogens (tertiary/aromatic N) is 1. The third-order valence-electron chi connectivity index (χ3n) is 2.76. The van der Waals surface area contributed by atoms with Crippen LogP contribution in [0, 0.1) is 20.8 Å². The quantitative estimate of drug-likeness (QED) is 0.697. The number of rotatable bonds is 4. The first-order chi connectivity index (χ1) is 9.38. The Morgan fingerprint density at radius 2 is 1.90 bits per heavy atom. The number of aryl methyl sites for hydroxylation is 3. The maximum Gasteiger partial charge on any atom is 0.276 e. The molecule has 1 heterocycles. The number of sulfonamides is 1. The summed E-state index contributed by atoms with van der Waals surface area (Å²) < 4.78 is 24.4. The van der Waals surface area contributed by atoms with Crippen molar-refractivity contribution in [1.29, 1.82) is 0 Å². The second-order valence-electron chi connectivity index (χ2n) is 4.57. The highest BCUT2D eigenvalue weighted by Gasteiger charge is 2.15. The van der Waals surface area contributed by atoms with Crippen LogP contribution in [0.3, 0.4) is 0 Å². The van der Waals surface area contributed by atoms with E-state index in [0.717, 1.165) is 15.3 Å². The first kappa shape index (κ1) is 14.7. The minimum Gasteiger partial charge on any atom is -0.200 e. The zero-order valence-electron chi connectivity index (χ0n) is 11.5. The summed E-state index contributed by atoms with van der Waals surface area (Å²) in [6, 6.07) is 9.17. The lowest BCUT2D eigenvalue weighted by molar-refractivity contribution is 0.584. The van der Waals surface area contributed by atoms with Gasteiger partial charge in [0, 0.05) is 9.75 Å². The topological polar surface area (TPSA) is 58.5 Å². The van der Waals surface area contributed by atoms with Crippen LogP contribution >= 0.6 is 11.3 Å². The molecule has 0 saturated heterocycles. The molecule has 0 radical (unpaired) electrons. The van der Waals surface area contributed by atoms with Crippen molar-refractivity contribution >= 4 is 27.6 Å². The lowest BCUT2D eigenvalue weighted by Crippen LogP contribution is -2.19. The molecule has 2 rings (SSSR count). The van der Waals surface area contributed by atoms with E-state index in [9.17, 15) is 8.42 Å². The lowest BCUT2D eigenvalue weighted by Gasteiger charge is -2.07. The predicted molar refractivity (Wildman–Crippen MR) is 82.9 cm³/mol. The number of hydrogen-bond acceptors (Lipinski definition) is 4. The molecule has 0 aliphatic carbocycles. The molecule has 0 amide bonds. The van der Waals surface area contributed by atoms with Crippen molar-refractivity contribution in [2.45, 2.75) is 25.7 Å². The van der Waals surface area contributed by atoms with Gasteiger partial charge in [0.15, 0.2) is 0 Å². The van der Waals surface area contributed by atoms with Crippen LogP contribution in [0.5, 0.6) is 0 Å². The van der Waals surface area contributed by atoms with Gasteiger partial charge in [0.05, 0.1) is 11.1 Å². The van der Waals surface area contributed by atoms with Gasteiger partial charge in [-0.15, -0.1) is 11.3 Å². The molecule has 6 heteroatoms. The van der Waals surface area contributed by atoms with Crippen molar-refractivity contribution in [1.82, 2.24) is 4.83 Å². The normalized spacial score (nSPS) is 11.9. The number of nitrogens with one attached hydrogen (secondary N) is 1. The van der Waals surface area contributed by atoms with E-state index in [0.29, 0.717) is 5.56 Å². The molecule has 1 aromatic heterocycles. The smallest absolute Gasteiger partial charge is 0.200 e. The number of hydrogen-bond donors (Lipinski definition) is 1. The summed E-state index contributed by atoms with van der Waals surface area (Å²) in [6.07, 6.45) is 1.51. The number of benzene rings is 1. The van der Waals surface area contributed by atoms with Crippen LogP contribution in [0.15, 0.2) is 40.3 Å². The molecule has 0 aliphatic heterocycles. The Hall–Kier alpha value is -1.66. The third kappa shape index (κ3) is 3.46. The maximum atomic E-state index is 12.2. The molecular weight excluding hydrogens is 292 g/mol. The minimum absolute atomic E-state index is 0.261. The van der Waals surface area contributed by atoms with Gasteiger partial charge in [-0.05, 0) is 50.1 Å². The average molecular weight is 308 g/mol. The first-order valence-corrected chi connectivity index (χ1v) is 8.37. The molecule has 0 saturated carbocycles. The molecule has 1 N–H and O–H groups in total. The fourth-order valence-electron chi connectivity index (χ4n) is 1.73. The summed E-state index contributed by atoms with van der Waals surface area (Å²) in [7, 11) is -3.62. The third-order valence-corrected chi connectivity index (χ3v) is 5.06.